The van der Waals surface area contributed by atoms with Crippen LogP contribution in [0.25, 0.3) is 0 Å². The lowest BCUT2D eigenvalue weighted by Gasteiger charge is -2.12. The summed E-state index contributed by atoms with van der Waals surface area (Å²) < 4.78 is 4.58. The van der Waals surface area contributed by atoms with Gasteiger partial charge in [-0.25, -0.2) is 4.79 Å². The summed E-state index contributed by atoms with van der Waals surface area (Å²) in [5.74, 6) is -0.245. The Balaban J connectivity index is 3.88. The zero-order valence-electron chi connectivity index (χ0n) is 8.96. The fourth-order valence-electron chi connectivity index (χ4n) is 1.01. The van der Waals surface area contributed by atoms with Gasteiger partial charge in [0.2, 0.25) is 0 Å². The lowest BCUT2D eigenvalue weighted by molar-refractivity contribution is -0.136. The molecule has 0 fully saturated rings. The van der Waals surface area contributed by atoms with Crippen molar-refractivity contribution in [2.24, 2.45) is 0 Å². The van der Waals surface area contributed by atoms with Crippen LogP contribution in [0.1, 0.15) is 20.3 Å². The molecule has 0 atom stereocenters. The number of methoxy groups -OCH3 is 1. The van der Waals surface area contributed by atoms with Gasteiger partial charge >= 0.3 is 5.97 Å². The summed E-state index contributed by atoms with van der Waals surface area (Å²) in [6.45, 7) is 5.75. The Morgan fingerprint density at radius 3 is 2.62 bits per heavy atom. The molecule has 0 aliphatic carbocycles. The summed E-state index contributed by atoms with van der Waals surface area (Å²) in [6.07, 6.45) is 3.02. The van der Waals surface area contributed by atoms with Crippen LogP contribution in [0.3, 0.4) is 0 Å². The van der Waals surface area contributed by atoms with Gasteiger partial charge < -0.3 is 9.64 Å². The number of ether oxygens (including phenoxy) is 1. The molecule has 76 valence electrons. The summed E-state index contributed by atoms with van der Waals surface area (Å²) in [7, 11) is 3.43. The highest BCUT2D eigenvalue weighted by molar-refractivity contribution is 5.87. The van der Waals surface area contributed by atoms with Gasteiger partial charge in [0, 0.05) is 12.1 Å². The van der Waals surface area contributed by atoms with Gasteiger partial charge in [-0.05, 0) is 26.9 Å². The predicted molar refractivity (Wildman–Crippen MR) is 53.6 cm³/mol. The number of nitrogens with zero attached hydrogens (tertiary/aromatic N) is 1. The van der Waals surface area contributed by atoms with E-state index in [-0.39, 0.29) is 5.97 Å². The number of likely N-dealkylation sites (N-methyl/N-ethyl adjacent to an activating group) is 1. The highest BCUT2D eigenvalue weighted by atomic mass is 16.5. The van der Waals surface area contributed by atoms with Gasteiger partial charge in [-0.1, -0.05) is 13.0 Å². The van der Waals surface area contributed by atoms with E-state index in [4.69, 9.17) is 0 Å². The first-order valence-electron chi connectivity index (χ1n) is 4.55. The van der Waals surface area contributed by atoms with Crippen LogP contribution in [-0.2, 0) is 9.53 Å². The van der Waals surface area contributed by atoms with Gasteiger partial charge in [0.25, 0.3) is 0 Å². The molecular weight excluding hydrogens is 166 g/mol. The van der Waals surface area contributed by atoms with E-state index in [9.17, 15) is 4.79 Å². The topological polar surface area (TPSA) is 29.5 Å². The number of rotatable bonds is 5. The van der Waals surface area contributed by atoms with Crippen molar-refractivity contribution < 1.29 is 9.53 Å². The molecule has 0 saturated carbocycles. The van der Waals surface area contributed by atoms with Gasteiger partial charge in [-0.15, -0.1) is 0 Å². The molecule has 0 N–H and O–H groups in total. The first-order chi connectivity index (χ1) is 6.11. The van der Waals surface area contributed by atoms with E-state index in [1.54, 1.807) is 6.92 Å². The number of carbonyl (C=O) groups excluding carboxylic acids is 1. The van der Waals surface area contributed by atoms with Crippen LogP contribution in [0.5, 0.6) is 0 Å². The fraction of sp³-hybridized carbons (Fsp3) is 0.700. The first kappa shape index (κ1) is 12.2. The van der Waals surface area contributed by atoms with Crippen molar-refractivity contribution in [3.63, 3.8) is 0 Å². The van der Waals surface area contributed by atoms with Gasteiger partial charge in [0.15, 0.2) is 0 Å². The van der Waals surface area contributed by atoms with E-state index >= 15 is 0 Å². The van der Waals surface area contributed by atoms with Crippen molar-refractivity contribution in [1.82, 2.24) is 4.90 Å². The SMILES string of the molecule is CCCN(C)CC=C(C)C(=O)OC. The largest absolute Gasteiger partial charge is 0.466 e. The van der Waals surface area contributed by atoms with E-state index < -0.39 is 0 Å². The molecule has 0 saturated heterocycles. The molecule has 0 aromatic carbocycles. The van der Waals surface area contributed by atoms with Crippen LogP contribution in [-0.4, -0.2) is 38.1 Å². The summed E-state index contributed by atoms with van der Waals surface area (Å²) >= 11 is 0. The molecule has 3 heteroatoms. The third kappa shape index (κ3) is 5.42. The molecule has 13 heavy (non-hydrogen) atoms. The van der Waals surface area contributed by atoms with Gasteiger partial charge in [-0.2, -0.15) is 0 Å². The minimum Gasteiger partial charge on any atom is -0.466 e. The van der Waals surface area contributed by atoms with Crippen LogP contribution < -0.4 is 0 Å². The second-order valence-corrected chi connectivity index (χ2v) is 3.14. The van der Waals surface area contributed by atoms with Crippen LogP contribution >= 0.6 is 0 Å². The van der Waals surface area contributed by atoms with Crippen molar-refractivity contribution in [1.29, 1.82) is 0 Å². The highest BCUT2D eigenvalue weighted by Crippen LogP contribution is 1.96. The fourth-order valence-corrected chi connectivity index (χ4v) is 1.01. The minimum atomic E-state index is -0.245. The number of hydrogen-bond acceptors (Lipinski definition) is 3. The molecular formula is C10H19NO2. The first-order valence-corrected chi connectivity index (χ1v) is 4.55. The Kier molecular flexibility index (Phi) is 6.24. The normalized spacial score (nSPS) is 11.9. The average Bonchev–Trinajstić information content (AvgIpc) is 2.13. The van der Waals surface area contributed by atoms with E-state index in [0.717, 1.165) is 19.5 Å². The second-order valence-electron chi connectivity index (χ2n) is 3.14. The van der Waals surface area contributed by atoms with Crippen LogP contribution in [0.15, 0.2) is 11.6 Å². The third-order valence-corrected chi connectivity index (χ3v) is 1.82. The van der Waals surface area contributed by atoms with Crippen molar-refractivity contribution in [3.05, 3.63) is 11.6 Å². The van der Waals surface area contributed by atoms with E-state index in [1.807, 2.05) is 13.1 Å². The molecule has 0 spiro atoms. The van der Waals surface area contributed by atoms with Crippen LogP contribution in [0, 0.1) is 0 Å². The quantitative estimate of drug-likeness (QED) is 0.479. The predicted octanol–water partition coefficient (Wildman–Crippen LogP) is 1.45. The molecule has 0 aliphatic heterocycles. The highest BCUT2D eigenvalue weighted by Gasteiger charge is 2.02. The van der Waals surface area contributed by atoms with Gasteiger partial charge in [0.1, 0.15) is 0 Å². The third-order valence-electron chi connectivity index (χ3n) is 1.82. The number of hydrogen-bond donors (Lipinski definition) is 0. The molecule has 0 rings (SSSR count). The maximum Gasteiger partial charge on any atom is 0.333 e. The Bertz CT molecular complexity index is 187. The molecule has 0 bridgehead atoms. The van der Waals surface area contributed by atoms with Crippen LogP contribution in [0.2, 0.25) is 0 Å². The molecule has 0 aromatic rings. The summed E-state index contributed by atoms with van der Waals surface area (Å²) in [6, 6.07) is 0. The zero-order valence-corrected chi connectivity index (χ0v) is 8.96. The summed E-state index contributed by atoms with van der Waals surface area (Å²) in [5, 5.41) is 0. The Morgan fingerprint density at radius 2 is 2.15 bits per heavy atom. The summed E-state index contributed by atoms with van der Waals surface area (Å²) in [5.41, 5.74) is 0.672. The van der Waals surface area contributed by atoms with Crippen molar-refractivity contribution in [3.8, 4) is 0 Å². The van der Waals surface area contributed by atoms with E-state index in [2.05, 4.69) is 16.6 Å². The average molecular weight is 185 g/mol. The molecule has 3 nitrogen and oxygen atoms in total. The lowest BCUT2D eigenvalue weighted by atomic mass is 10.3. The Labute approximate surface area is 80.4 Å². The second kappa shape index (κ2) is 6.66. The Morgan fingerprint density at radius 1 is 1.54 bits per heavy atom. The smallest absolute Gasteiger partial charge is 0.333 e. The molecule has 0 heterocycles. The molecule has 0 aromatic heterocycles. The monoisotopic (exact) mass is 185 g/mol. The van der Waals surface area contributed by atoms with Crippen molar-refractivity contribution >= 4 is 5.97 Å². The summed E-state index contributed by atoms with van der Waals surface area (Å²) in [4.78, 5) is 13.1. The molecule has 0 unspecified atom stereocenters. The lowest BCUT2D eigenvalue weighted by Crippen LogP contribution is -2.19. The maximum atomic E-state index is 11.0. The standard InChI is InChI=1S/C10H19NO2/c1-5-7-11(3)8-6-9(2)10(12)13-4/h6H,5,7-8H2,1-4H3. The molecule has 0 aliphatic rings. The zero-order chi connectivity index (χ0) is 10.3. The van der Waals surface area contributed by atoms with E-state index in [1.165, 1.54) is 7.11 Å². The van der Waals surface area contributed by atoms with Gasteiger partial charge in [0.05, 0.1) is 7.11 Å². The number of carbonyl (C=O) groups is 1. The Hall–Kier alpha value is -0.830. The van der Waals surface area contributed by atoms with Crippen molar-refractivity contribution in [2.75, 3.05) is 27.2 Å². The van der Waals surface area contributed by atoms with Crippen molar-refractivity contribution in [2.45, 2.75) is 20.3 Å². The maximum absolute atomic E-state index is 11.0. The van der Waals surface area contributed by atoms with Crippen LogP contribution in [0.4, 0.5) is 0 Å². The molecule has 0 amide bonds. The van der Waals surface area contributed by atoms with Gasteiger partial charge in [-0.3, -0.25) is 0 Å². The number of esters is 1. The molecule has 0 radical (unpaired) electrons. The minimum absolute atomic E-state index is 0.245. The van der Waals surface area contributed by atoms with E-state index in [0.29, 0.717) is 5.57 Å².